The van der Waals surface area contributed by atoms with E-state index in [9.17, 15) is 13.7 Å². The van der Waals surface area contributed by atoms with Gasteiger partial charge in [-0.3, -0.25) is 9.71 Å². The zero-order valence-corrected chi connectivity index (χ0v) is 17.9. The number of hydrogen-bond acceptors (Lipinski definition) is 5. The highest BCUT2D eigenvalue weighted by Crippen LogP contribution is 2.38. The van der Waals surface area contributed by atoms with Gasteiger partial charge in [-0.05, 0) is 66.8 Å². The number of rotatable bonds is 5. The van der Waals surface area contributed by atoms with Crippen molar-refractivity contribution in [2.75, 3.05) is 11.0 Å². The number of nitrogens with one attached hydrogen (secondary N) is 1. The fourth-order valence-corrected chi connectivity index (χ4v) is 4.48. The number of nitriles is 1. The summed E-state index contributed by atoms with van der Waals surface area (Å²) >= 11 is 7.92. The number of anilines is 1. The molecule has 2 aromatic heterocycles. The van der Waals surface area contributed by atoms with E-state index in [1.54, 1.807) is 35.7 Å². The quantitative estimate of drug-likeness (QED) is 0.593. The first kappa shape index (κ1) is 20.3. The number of aromatic nitrogens is 1. The summed E-state index contributed by atoms with van der Waals surface area (Å²) in [6, 6.07) is 13.2. The van der Waals surface area contributed by atoms with E-state index in [2.05, 4.69) is 15.8 Å². The Balaban J connectivity index is 1.93. The highest BCUT2D eigenvalue weighted by molar-refractivity contribution is 7.92. The van der Waals surface area contributed by atoms with Gasteiger partial charge in [0.15, 0.2) is 0 Å². The second-order valence-electron chi connectivity index (χ2n) is 6.94. The largest absolute Gasteiger partial charge is 0.284 e. The van der Waals surface area contributed by atoms with Crippen molar-refractivity contribution in [3.8, 4) is 27.6 Å². The fourth-order valence-electron chi connectivity index (χ4n) is 2.63. The van der Waals surface area contributed by atoms with Crippen molar-refractivity contribution in [2.24, 2.45) is 0 Å². The van der Waals surface area contributed by atoms with Crippen LogP contribution in [-0.2, 0) is 15.4 Å². The summed E-state index contributed by atoms with van der Waals surface area (Å²) in [5.74, 6) is 0. The van der Waals surface area contributed by atoms with E-state index >= 15 is 0 Å². The first-order valence-corrected chi connectivity index (χ1v) is 11.5. The highest BCUT2D eigenvalue weighted by atomic mass is 35.5. The van der Waals surface area contributed by atoms with E-state index in [0.29, 0.717) is 10.7 Å². The molecule has 5 nitrogen and oxygen atoms in total. The first-order chi connectivity index (χ1) is 13.1. The molecule has 28 heavy (non-hydrogen) atoms. The minimum atomic E-state index is -3.36. The van der Waals surface area contributed by atoms with Crippen molar-refractivity contribution >= 4 is 38.6 Å². The molecular weight excluding hydrogens is 414 g/mol. The third-order valence-corrected chi connectivity index (χ3v) is 6.03. The van der Waals surface area contributed by atoms with Crippen LogP contribution in [-0.4, -0.2) is 19.7 Å². The normalized spacial score (nSPS) is 11.8. The average Bonchev–Trinajstić information content (AvgIpc) is 3.10. The van der Waals surface area contributed by atoms with Crippen LogP contribution in [0.2, 0.25) is 5.02 Å². The molecule has 0 spiro atoms. The standard InChI is InChI=1S/C20H18ClN3O2S2/c1-20(2,12-22)19-9-13(6-7-23-19)14-8-18(27-11-14)16-5-4-15(10-17(16)21)24-28(3,25)26/h4-11,24H,1-3H3. The van der Waals surface area contributed by atoms with Gasteiger partial charge in [-0.1, -0.05) is 11.6 Å². The number of nitrogens with zero attached hydrogens (tertiary/aromatic N) is 2. The van der Waals surface area contributed by atoms with Crippen molar-refractivity contribution in [3.05, 3.63) is 58.7 Å². The molecule has 0 saturated heterocycles. The van der Waals surface area contributed by atoms with Gasteiger partial charge in [0.1, 0.15) is 0 Å². The second-order valence-corrected chi connectivity index (χ2v) is 10.0. The van der Waals surface area contributed by atoms with E-state index in [1.807, 2.05) is 37.4 Å². The fraction of sp³-hybridized carbons (Fsp3) is 0.200. The SMILES string of the molecule is CC(C)(C#N)c1cc(-c2csc(-c3ccc(NS(C)(=O)=O)cc3Cl)c2)ccn1. The molecule has 0 bridgehead atoms. The third-order valence-electron chi connectivity index (χ3n) is 4.15. The van der Waals surface area contributed by atoms with Gasteiger partial charge in [-0.25, -0.2) is 8.42 Å². The maximum atomic E-state index is 11.4. The number of halogens is 1. The van der Waals surface area contributed by atoms with Crippen molar-refractivity contribution in [3.63, 3.8) is 0 Å². The van der Waals surface area contributed by atoms with Crippen LogP contribution in [0.3, 0.4) is 0 Å². The summed E-state index contributed by atoms with van der Waals surface area (Å²) < 4.78 is 25.2. The molecule has 3 rings (SSSR count). The summed E-state index contributed by atoms with van der Waals surface area (Å²) in [5, 5.41) is 11.8. The van der Waals surface area contributed by atoms with Gasteiger partial charge in [-0.2, -0.15) is 5.26 Å². The molecule has 0 fully saturated rings. The van der Waals surface area contributed by atoms with Crippen molar-refractivity contribution in [1.82, 2.24) is 4.98 Å². The molecule has 1 aromatic carbocycles. The molecule has 1 N–H and O–H groups in total. The van der Waals surface area contributed by atoms with Crippen LogP contribution < -0.4 is 4.72 Å². The van der Waals surface area contributed by atoms with Gasteiger partial charge in [0, 0.05) is 22.3 Å². The molecule has 2 heterocycles. The van der Waals surface area contributed by atoms with Crippen LogP contribution in [0.4, 0.5) is 5.69 Å². The van der Waals surface area contributed by atoms with Gasteiger partial charge >= 0.3 is 0 Å². The number of hydrogen-bond donors (Lipinski definition) is 1. The lowest BCUT2D eigenvalue weighted by atomic mass is 9.89. The molecule has 0 atom stereocenters. The van der Waals surface area contributed by atoms with E-state index in [0.717, 1.165) is 33.5 Å². The molecule has 0 amide bonds. The van der Waals surface area contributed by atoms with Gasteiger partial charge in [-0.15, -0.1) is 11.3 Å². The van der Waals surface area contributed by atoms with Crippen molar-refractivity contribution < 1.29 is 8.42 Å². The van der Waals surface area contributed by atoms with Crippen LogP contribution in [0.15, 0.2) is 48.0 Å². The molecule has 3 aromatic rings. The molecule has 0 saturated carbocycles. The minimum absolute atomic E-state index is 0.422. The lowest BCUT2D eigenvalue weighted by Gasteiger charge is -2.14. The molecule has 0 aliphatic carbocycles. The predicted molar refractivity (Wildman–Crippen MR) is 115 cm³/mol. The third kappa shape index (κ3) is 4.53. The summed E-state index contributed by atoms with van der Waals surface area (Å²) in [7, 11) is -3.36. The topological polar surface area (TPSA) is 82.9 Å². The lowest BCUT2D eigenvalue weighted by Crippen LogP contribution is -2.15. The minimum Gasteiger partial charge on any atom is -0.284 e. The van der Waals surface area contributed by atoms with Crippen LogP contribution in [0.5, 0.6) is 0 Å². The van der Waals surface area contributed by atoms with Crippen molar-refractivity contribution in [1.29, 1.82) is 5.26 Å². The Morgan fingerprint density at radius 2 is 1.93 bits per heavy atom. The smallest absolute Gasteiger partial charge is 0.229 e. The Kier molecular flexibility index (Phi) is 5.48. The predicted octanol–water partition coefficient (Wildman–Crippen LogP) is 5.30. The molecule has 8 heteroatoms. The van der Waals surface area contributed by atoms with E-state index < -0.39 is 15.4 Å². The Morgan fingerprint density at radius 3 is 2.57 bits per heavy atom. The number of sulfonamides is 1. The molecule has 144 valence electrons. The summed E-state index contributed by atoms with van der Waals surface area (Å²) in [6.45, 7) is 3.67. The van der Waals surface area contributed by atoms with Gasteiger partial charge < -0.3 is 0 Å². The van der Waals surface area contributed by atoms with E-state index in [4.69, 9.17) is 11.6 Å². The summed E-state index contributed by atoms with van der Waals surface area (Å²) in [4.78, 5) is 5.29. The van der Waals surface area contributed by atoms with Crippen molar-refractivity contribution in [2.45, 2.75) is 19.3 Å². The van der Waals surface area contributed by atoms with Crippen LogP contribution in [0.1, 0.15) is 19.5 Å². The Morgan fingerprint density at radius 1 is 1.18 bits per heavy atom. The molecule has 0 aliphatic rings. The molecular formula is C20H18ClN3O2S2. The van der Waals surface area contributed by atoms with Gasteiger partial charge in [0.25, 0.3) is 0 Å². The zero-order valence-electron chi connectivity index (χ0n) is 15.5. The maximum Gasteiger partial charge on any atom is 0.229 e. The Bertz CT molecular complexity index is 1180. The van der Waals surface area contributed by atoms with Crippen LogP contribution in [0, 0.1) is 11.3 Å². The Hall–Kier alpha value is -2.40. The second kappa shape index (κ2) is 7.55. The van der Waals surface area contributed by atoms with Gasteiger partial charge in [0.05, 0.1) is 28.5 Å². The van der Waals surface area contributed by atoms with E-state index in [1.165, 1.54) is 0 Å². The van der Waals surface area contributed by atoms with Crippen LogP contribution >= 0.6 is 22.9 Å². The average molecular weight is 432 g/mol. The summed E-state index contributed by atoms with van der Waals surface area (Å²) in [6.07, 6.45) is 2.80. The first-order valence-electron chi connectivity index (χ1n) is 8.33. The molecule has 0 radical (unpaired) electrons. The highest BCUT2D eigenvalue weighted by Gasteiger charge is 2.22. The van der Waals surface area contributed by atoms with E-state index in [-0.39, 0.29) is 0 Å². The monoisotopic (exact) mass is 431 g/mol. The van der Waals surface area contributed by atoms with Crippen LogP contribution in [0.25, 0.3) is 21.6 Å². The zero-order chi connectivity index (χ0) is 20.5. The number of benzene rings is 1. The maximum absolute atomic E-state index is 11.4. The molecule has 0 aliphatic heterocycles. The molecule has 0 unspecified atom stereocenters. The number of pyridine rings is 1. The van der Waals surface area contributed by atoms with Gasteiger partial charge in [0.2, 0.25) is 10.0 Å². The number of thiophene rings is 1. The lowest BCUT2D eigenvalue weighted by molar-refractivity contribution is 0.607. The summed E-state index contributed by atoms with van der Waals surface area (Å²) in [5.41, 5.74) is 3.28. The Labute approximate surface area is 173 Å².